The molecule has 0 aliphatic carbocycles. The topological polar surface area (TPSA) is 91.2 Å². The monoisotopic (exact) mass is 256 g/mol. The van der Waals surface area contributed by atoms with Gasteiger partial charge in [-0.1, -0.05) is 11.6 Å². The third-order valence-electron chi connectivity index (χ3n) is 2.13. The maximum Gasteiger partial charge on any atom is 0.143 e. The second kappa shape index (κ2) is 5.09. The zero-order valence-corrected chi connectivity index (χ0v) is 9.70. The number of nitriles is 2. The van der Waals surface area contributed by atoms with E-state index >= 15 is 0 Å². The van der Waals surface area contributed by atoms with Crippen molar-refractivity contribution < 1.29 is 0 Å². The van der Waals surface area contributed by atoms with Gasteiger partial charge < -0.3 is 0 Å². The van der Waals surface area contributed by atoms with Gasteiger partial charge in [-0.2, -0.15) is 15.2 Å². The van der Waals surface area contributed by atoms with Crippen LogP contribution in [0.3, 0.4) is 0 Å². The van der Waals surface area contributed by atoms with Crippen LogP contribution >= 0.6 is 11.6 Å². The molecule has 0 aliphatic heterocycles. The first-order valence-electron chi connectivity index (χ1n) is 4.79. The Labute approximate surface area is 107 Å². The molecule has 0 radical (unpaired) electrons. The lowest BCUT2D eigenvalue weighted by Gasteiger charge is -2.04. The Kier molecular flexibility index (Phi) is 3.33. The molecule has 0 bridgehead atoms. The molecule has 7 heteroatoms. The molecule has 0 amide bonds. The average Bonchev–Trinajstić information content (AvgIpc) is 2.89. The van der Waals surface area contributed by atoms with Crippen LogP contribution in [0.1, 0.15) is 5.56 Å². The van der Waals surface area contributed by atoms with E-state index in [1.54, 1.807) is 30.3 Å². The van der Waals surface area contributed by atoms with Gasteiger partial charge in [0, 0.05) is 10.6 Å². The van der Waals surface area contributed by atoms with Gasteiger partial charge in [0.15, 0.2) is 0 Å². The zero-order valence-electron chi connectivity index (χ0n) is 8.95. The Morgan fingerprint density at radius 1 is 1.33 bits per heavy atom. The van der Waals surface area contributed by atoms with Crippen molar-refractivity contribution in [1.29, 1.82) is 10.5 Å². The molecule has 6 nitrogen and oxygen atoms in total. The SMILES string of the molecule is N#CC(C#N)=Cc1cc(Cl)ccc1-n1cnnn1. The zero-order chi connectivity index (χ0) is 13.0. The fourth-order valence-corrected chi connectivity index (χ4v) is 1.55. The van der Waals surface area contributed by atoms with Gasteiger partial charge in [0.05, 0.1) is 5.69 Å². The highest BCUT2D eigenvalue weighted by molar-refractivity contribution is 6.30. The fraction of sp³-hybridized carbons (Fsp3) is 0. The summed E-state index contributed by atoms with van der Waals surface area (Å²) in [5.74, 6) is 0. The van der Waals surface area contributed by atoms with Crippen LogP contribution in [0.2, 0.25) is 5.02 Å². The minimum atomic E-state index is -0.0217. The van der Waals surface area contributed by atoms with Gasteiger partial charge in [0.1, 0.15) is 24.0 Å². The Hall–Kier alpha value is -2.70. The standard InChI is InChI=1S/C11H5ClN6/c12-10-1-2-11(18-7-15-16-17-18)9(4-10)3-8(5-13)6-14/h1-4,7H. The molecule has 0 fully saturated rings. The highest BCUT2D eigenvalue weighted by Crippen LogP contribution is 2.21. The van der Waals surface area contributed by atoms with Crippen LogP contribution < -0.4 is 0 Å². The van der Waals surface area contributed by atoms with Gasteiger partial charge in [-0.3, -0.25) is 0 Å². The number of hydrogen-bond acceptors (Lipinski definition) is 5. The van der Waals surface area contributed by atoms with Crippen LogP contribution in [-0.2, 0) is 0 Å². The summed E-state index contributed by atoms with van der Waals surface area (Å²) in [5.41, 5.74) is 1.20. The summed E-state index contributed by atoms with van der Waals surface area (Å²) in [6.07, 6.45) is 2.85. The van der Waals surface area contributed by atoms with Crippen molar-refractivity contribution in [3.63, 3.8) is 0 Å². The summed E-state index contributed by atoms with van der Waals surface area (Å²) < 4.78 is 1.43. The highest BCUT2D eigenvalue weighted by atomic mass is 35.5. The van der Waals surface area contributed by atoms with Crippen LogP contribution in [0.15, 0.2) is 30.1 Å². The first-order valence-corrected chi connectivity index (χ1v) is 5.17. The van der Waals surface area contributed by atoms with E-state index in [1.165, 1.54) is 17.1 Å². The molecule has 18 heavy (non-hydrogen) atoms. The largest absolute Gasteiger partial charge is 0.200 e. The fourth-order valence-electron chi connectivity index (χ4n) is 1.37. The Balaban J connectivity index is 2.60. The molecule has 0 N–H and O–H groups in total. The van der Waals surface area contributed by atoms with E-state index in [0.717, 1.165) is 0 Å². The first kappa shape index (κ1) is 11.8. The molecule has 0 saturated carbocycles. The molecule has 1 aromatic heterocycles. The van der Waals surface area contributed by atoms with Gasteiger partial charge in [-0.25, -0.2) is 0 Å². The van der Waals surface area contributed by atoms with Gasteiger partial charge in [0.25, 0.3) is 0 Å². The van der Waals surface area contributed by atoms with Crippen LogP contribution in [-0.4, -0.2) is 20.2 Å². The quantitative estimate of drug-likeness (QED) is 0.763. The number of allylic oxidation sites excluding steroid dienone is 1. The predicted octanol–water partition coefficient (Wildman–Crippen LogP) is 1.75. The molecule has 86 valence electrons. The normalized spacial score (nSPS) is 9.28. The predicted molar refractivity (Wildman–Crippen MR) is 63.4 cm³/mol. The number of tetrazole rings is 1. The van der Waals surface area contributed by atoms with E-state index in [0.29, 0.717) is 16.3 Å². The second-order valence-electron chi connectivity index (χ2n) is 3.24. The maximum absolute atomic E-state index is 8.76. The number of hydrogen-bond donors (Lipinski definition) is 0. The molecular formula is C11H5ClN6. The summed E-state index contributed by atoms with van der Waals surface area (Å²) in [5, 5.41) is 28.8. The van der Waals surface area contributed by atoms with Crippen molar-refractivity contribution in [2.24, 2.45) is 0 Å². The molecular weight excluding hydrogens is 252 g/mol. The number of rotatable bonds is 2. The van der Waals surface area contributed by atoms with E-state index < -0.39 is 0 Å². The minimum Gasteiger partial charge on any atom is -0.200 e. The van der Waals surface area contributed by atoms with Crippen molar-refractivity contribution in [2.45, 2.75) is 0 Å². The van der Waals surface area contributed by atoms with Crippen molar-refractivity contribution in [3.05, 3.63) is 40.7 Å². The first-order chi connectivity index (χ1) is 8.74. The van der Waals surface area contributed by atoms with E-state index in [1.807, 2.05) is 0 Å². The van der Waals surface area contributed by atoms with Crippen LogP contribution in [0, 0.1) is 22.7 Å². The number of halogens is 1. The Morgan fingerprint density at radius 3 is 2.72 bits per heavy atom. The molecule has 2 rings (SSSR count). The third-order valence-corrected chi connectivity index (χ3v) is 2.36. The van der Waals surface area contributed by atoms with Crippen molar-refractivity contribution in [2.75, 3.05) is 0 Å². The molecule has 0 unspecified atom stereocenters. The molecule has 0 spiro atoms. The van der Waals surface area contributed by atoms with Crippen LogP contribution in [0.5, 0.6) is 0 Å². The molecule has 0 atom stereocenters. The van der Waals surface area contributed by atoms with Gasteiger partial charge in [0.2, 0.25) is 0 Å². The summed E-state index contributed by atoms with van der Waals surface area (Å²) in [6, 6.07) is 8.59. The number of benzene rings is 1. The smallest absolute Gasteiger partial charge is 0.143 e. The Bertz CT molecular complexity index is 659. The van der Waals surface area contributed by atoms with Gasteiger partial charge in [-0.05, 0) is 34.7 Å². The van der Waals surface area contributed by atoms with E-state index in [2.05, 4.69) is 15.5 Å². The lowest BCUT2D eigenvalue weighted by atomic mass is 10.1. The van der Waals surface area contributed by atoms with Crippen LogP contribution in [0.25, 0.3) is 11.8 Å². The second-order valence-corrected chi connectivity index (χ2v) is 3.68. The summed E-state index contributed by atoms with van der Waals surface area (Å²) in [4.78, 5) is 0. The number of nitrogens with zero attached hydrogens (tertiary/aromatic N) is 6. The van der Waals surface area contributed by atoms with Crippen molar-refractivity contribution in [1.82, 2.24) is 20.2 Å². The van der Waals surface area contributed by atoms with Crippen molar-refractivity contribution >= 4 is 17.7 Å². The van der Waals surface area contributed by atoms with E-state index in [4.69, 9.17) is 22.1 Å². The molecule has 1 aromatic carbocycles. The average molecular weight is 257 g/mol. The van der Waals surface area contributed by atoms with Gasteiger partial charge >= 0.3 is 0 Å². The van der Waals surface area contributed by atoms with E-state index in [9.17, 15) is 0 Å². The third kappa shape index (κ3) is 2.34. The van der Waals surface area contributed by atoms with E-state index in [-0.39, 0.29) is 5.57 Å². The summed E-state index contributed by atoms with van der Waals surface area (Å²) in [7, 11) is 0. The highest BCUT2D eigenvalue weighted by Gasteiger charge is 2.06. The molecule has 1 heterocycles. The lowest BCUT2D eigenvalue weighted by molar-refractivity contribution is 0.788. The van der Waals surface area contributed by atoms with Crippen molar-refractivity contribution in [3.8, 4) is 17.8 Å². The maximum atomic E-state index is 8.76. The minimum absolute atomic E-state index is 0.0217. The molecule has 0 saturated heterocycles. The lowest BCUT2D eigenvalue weighted by Crippen LogP contribution is -1.98. The summed E-state index contributed by atoms with van der Waals surface area (Å²) in [6.45, 7) is 0. The Morgan fingerprint density at radius 2 is 2.11 bits per heavy atom. The number of aromatic nitrogens is 4. The molecule has 2 aromatic rings. The van der Waals surface area contributed by atoms with Gasteiger partial charge in [-0.15, -0.1) is 5.10 Å². The molecule has 0 aliphatic rings. The summed E-state index contributed by atoms with van der Waals surface area (Å²) >= 11 is 5.89. The van der Waals surface area contributed by atoms with Crippen LogP contribution in [0.4, 0.5) is 0 Å².